The molecule has 3 heterocycles. The molecule has 2 aromatic rings. The van der Waals surface area contributed by atoms with Crippen LogP contribution < -0.4 is 21.9 Å². The van der Waals surface area contributed by atoms with E-state index < -0.39 is 40.3 Å². The largest absolute Gasteiger partial charge is 0.495 e. The van der Waals surface area contributed by atoms with Crippen LogP contribution in [0.15, 0.2) is 53.4 Å². The van der Waals surface area contributed by atoms with Gasteiger partial charge in [0.25, 0.3) is 17.9 Å². The Hall–Kier alpha value is -3.00. The summed E-state index contributed by atoms with van der Waals surface area (Å²) in [6, 6.07) is 3.30. The van der Waals surface area contributed by atoms with E-state index >= 15 is 0 Å². The number of nitrogens with zero attached hydrogens (tertiary/aromatic N) is 3. The number of hydrogen-bond acceptors (Lipinski definition) is 8. The molecule has 1 amide bonds. The van der Waals surface area contributed by atoms with Crippen LogP contribution in [0.3, 0.4) is 0 Å². The second kappa shape index (κ2) is 14.0. The second-order valence-corrected chi connectivity index (χ2v) is 11.5. The van der Waals surface area contributed by atoms with E-state index in [1.807, 2.05) is 13.8 Å². The Labute approximate surface area is 252 Å². The zero-order chi connectivity index (χ0) is 31.4. The summed E-state index contributed by atoms with van der Waals surface area (Å²) in [6.07, 6.45) is 2.92. The lowest BCUT2D eigenvalue weighted by molar-refractivity contribution is 0.0780. The average molecular weight is 629 g/mol. The van der Waals surface area contributed by atoms with Gasteiger partial charge in [0.05, 0.1) is 18.0 Å². The fraction of sp³-hybridized carbons (Fsp3) is 0.464. The lowest BCUT2D eigenvalue weighted by atomic mass is 9.95. The highest BCUT2D eigenvalue weighted by atomic mass is 35.5. The number of alkyl halides is 4. The molecule has 2 aliphatic rings. The predicted molar refractivity (Wildman–Crippen MR) is 160 cm³/mol. The molecule has 2 aromatic heterocycles. The van der Waals surface area contributed by atoms with Crippen LogP contribution in [0.4, 0.5) is 13.2 Å². The van der Waals surface area contributed by atoms with Crippen molar-refractivity contribution in [1.29, 1.82) is 0 Å². The highest BCUT2D eigenvalue weighted by Gasteiger charge is 2.58. The lowest BCUT2D eigenvalue weighted by Crippen LogP contribution is -2.43. The van der Waals surface area contributed by atoms with E-state index in [0.717, 1.165) is 17.3 Å². The minimum Gasteiger partial charge on any atom is -0.495 e. The number of amides is 1. The van der Waals surface area contributed by atoms with Crippen molar-refractivity contribution in [3.63, 3.8) is 0 Å². The van der Waals surface area contributed by atoms with E-state index in [-0.39, 0.29) is 40.3 Å². The Morgan fingerprint density at radius 1 is 1.33 bits per heavy atom. The van der Waals surface area contributed by atoms with E-state index in [4.69, 9.17) is 22.1 Å². The van der Waals surface area contributed by atoms with Crippen LogP contribution in [0, 0.1) is 12.8 Å². The van der Waals surface area contributed by atoms with E-state index in [1.165, 1.54) is 60.4 Å². The molecule has 1 fully saturated rings. The minimum absolute atomic E-state index is 0.0105. The average Bonchev–Trinajstić information content (AvgIpc) is 3.59. The molecular formula is C28H36ClF3N6O3S. The molecule has 9 nitrogen and oxygen atoms in total. The fourth-order valence-corrected chi connectivity index (χ4v) is 5.92. The lowest BCUT2D eigenvalue weighted by Gasteiger charge is -2.30. The van der Waals surface area contributed by atoms with E-state index in [1.54, 1.807) is 20.0 Å². The van der Waals surface area contributed by atoms with Crippen LogP contribution in [0.5, 0.6) is 0 Å². The van der Waals surface area contributed by atoms with Gasteiger partial charge in [0.2, 0.25) is 0 Å². The smallest absolute Gasteiger partial charge is 0.262 e. The summed E-state index contributed by atoms with van der Waals surface area (Å²) in [5.41, 5.74) is 6.01. The molecule has 0 aromatic carbocycles. The van der Waals surface area contributed by atoms with Gasteiger partial charge in [-0.15, -0.1) is 11.8 Å². The molecule has 42 heavy (non-hydrogen) atoms. The fourth-order valence-electron chi connectivity index (χ4n) is 4.42. The Bertz CT molecular complexity index is 1400. The molecule has 5 unspecified atom stereocenters. The Morgan fingerprint density at radius 3 is 2.55 bits per heavy atom. The first-order chi connectivity index (χ1) is 19.9. The van der Waals surface area contributed by atoms with Crippen LogP contribution in [0.25, 0.3) is 11.4 Å². The quantitative estimate of drug-likeness (QED) is 0.265. The van der Waals surface area contributed by atoms with Crippen LogP contribution in [-0.2, 0) is 4.74 Å². The normalized spacial score (nSPS) is 22.8. The summed E-state index contributed by atoms with van der Waals surface area (Å²) in [4.78, 5) is 31.7. The number of aromatic nitrogens is 2. The number of rotatable bonds is 10. The van der Waals surface area contributed by atoms with Crippen LogP contribution in [-0.4, -0.2) is 70.0 Å². The van der Waals surface area contributed by atoms with Crippen LogP contribution in [0.2, 0.25) is 0 Å². The molecule has 1 aliphatic carbocycles. The molecule has 230 valence electrons. The van der Waals surface area contributed by atoms with Gasteiger partial charge in [-0.05, 0) is 37.7 Å². The van der Waals surface area contributed by atoms with Crippen molar-refractivity contribution in [2.45, 2.75) is 55.7 Å². The summed E-state index contributed by atoms with van der Waals surface area (Å²) >= 11 is 6.85. The third-order valence-electron chi connectivity index (χ3n) is 6.71. The molecule has 0 radical (unpaired) electrons. The van der Waals surface area contributed by atoms with Crippen LogP contribution in [0.1, 0.15) is 41.8 Å². The maximum atomic E-state index is 14.0. The van der Waals surface area contributed by atoms with Gasteiger partial charge in [-0.1, -0.05) is 25.4 Å². The number of ether oxygens (including phenoxy) is 1. The van der Waals surface area contributed by atoms with Gasteiger partial charge in [-0.3, -0.25) is 14.2 Å². The number of likely N-dealkylation sites (N-methyl/N-ethyl adjacent to an activating group) is 1. The number of halogens is 4. The van der Waals surface area contributed by atoms with Crippen molar-refractivity contribution in [1.82, 2.24) is 25.1 Å². The number of nitrogens with two attached hydrogens (primary N) is 1. The number of nitrogens with one attached hydrogen (secondary N) is 2. The molecular weight excluding hydrogens is 593 g/mol. The molecule has 4 rings (SSSR count). The van der Waals surface area contributed by atoms with E-state index in [2.05, 4.69) is 15.6 Å². The van der Waals surface area contributed by atoms with Crippen molar-refractivity contribution >= 4 is 34.8 Å². The number of hydrogen-bond donors (Lipinski definition) is 3. The number of carbonyl (C=O) groups excluding carboxylic acids is 1. The van der Waals surface area contributed by atoms with Gasteiger partial charge in [0, 0.05) is 55.2 Å². The SMILES string of the molecule is CC.CNC(SC(N)NC(=O)c1cnc(-n2ccc(C)cc2=O)cc1C1=CC(C(F)F)N(C)C=C1OC)C1CC1(F)Cl. The molecule has 14 heteroatoms. The van der Waals surface area contributed by atoms with E-state index in [9.17, 15) is 22.8 Å². The minimum atomic E-state index is -2.73. The Kier molecular flexibility index (Phi) is 11.2. The summed E-state index contributed by atoms with van der Waals surface area (Å²) in [6.45, 7) is 5.77. The van der Waals surface area contributed by atoms with Crippen molar-refractivity contribution in [3.8, 4) is 5.82 Å². The zero-order valence-electron chi connectivity index (χ0n) is 24.2. The standard InChI is InChI=1S/C26H30ClF3N6O3S.C2H6/c1-13-5-6-36(21(37)7-13)20-9-14(15-8-18(22(28)29)35(3)12-19(15)39-4)16(11-33-20)23(38)34-25(31)40-24(32-2)17-10-26(17,27)30;1-2/h5-9,11-12,17-18,22,24-25,32H,10,31H2,1-4H3,(H,34,38);1-2H3. The van der Waals surface area contributed by atoms with Crippen molar-refractivity contribution in [3.05, 3.63) is 75.7 Å². The molecule has 0 spiro atoms. The maximum Gasteiger partial charge on any atom is 0.262 e. The summed E-state index contributed by atoms with van der Waals surface area (Å²) in [5, 5.41) is 3.31. The first kappa shape index (κ1) is 33.5. The Balaban J connectivity index is 0.00000237. The van der Waals surface area contributed by atoms with Gasteiger partial charge in [-0.2, -0.15) is 0 Å². The summed E-state index contributed by atoms with van der Waals surface area (Å²) < 4.78 is 48.5. The van der Waals surface area contributed by atoms with Crippen molar-refractivity contribution in [2.75, 3.05) is 21.2 Å². The first-order valence-corrected chi connectivity index (χ1v) is 14.6. The Morgan fingerprint density at radius 2 is 2.00 bits per heavy atom. The van der Waals surface area contributed by atoms with Gasteiger partial charge >= 0.3 is 0 Å². The third kappa shape index (κ3) is 7.49. The molecule has 4 N–H and O–H groups in total. The van der Waals surface area contributed by atoms with Gasteiger partial charge in [0.15, 0.2) is 5.13 Å². The zero-order valence-corrected chi connectivity index (χ0v) is 25.8. The number of methoxy groups -OCH3 is 1. The predicted octanol–water partition coefficient (Wildman–Crippen LogP) is 4.19. The third-order valence-corrected chi connectivity index (χ3v) is 8.41. The summed E-state index contributed by atoms with van der Waals surface area (Å²) in [7, 11) is 4.50. The van der Waals surface area contributed by atoms with Crippen LogP contribution >= 0.6 is 23.4 Å². The number of allylic oxidation sites excluding steroid dienone is 1. The molecule has 5 atom stereocenters. The number of aryl methyl sites for hydroxylation is 1. The molecule has 1 aliphatic heterocycles. The molecule has 0 bridgehead atoms. The highest BCUT2D eigenvalue weighted by molar-refractivity contribution is 8.00. The van der Waals surface area contributed by atoms with E-state index in [0.29, 0.717) is 0 Å². The van der Waals surface area contributed by atoms with Gasteiger partial charge in [-0.25, -0.2) is 18.2 Å². The topological polar surface area (TPSA) is 115 Å². The van der Waals surface area contributed by atoms with Crippen molar-refractivity contribution in [2.24, 2.45) is 11.7 Å². The first-order valence-electron chi connectivity index (χ1n) is 13.3. The van der Waals surface area contributed by atoms with Gasteiger partial charge in [0.1, 0.15) is 23.1 Å². The number of thioether (sulfide) groups is 1. The van der Waals surface area contributed by atoms with Crippen molar-refractivity contribution < 1.29 is 22.7 Å². The highest BCUT2D eigenvalue weighted by Crippen LogP contribution is 2.54. The number of carbonyl (C=O) groups is 1. The maximum absolute atomic E-state index is 14.0. The monoisotopic (exact) mass is 628 g/mol. The molecule has 0 saturated heterocycles. The number of pyridine rings is 2. The molecule has 1 saturated carbocycles. The van der Waals surface area contributed by atoms with Gasteiger partial charge < -0.3 is 26.0 Å². The summed E-state index contributed by atoms with van der Waals surface area (Å²) in [5.74, 6) is -0.742. The second-order valence-electron chi connectivity index (χ2n) is 9.58.